The van der Waals surface area contributed by atoms with Gasteiger partial charge in [0.1, 0.15) is 0 Å². The minimum Gasteiger partial charge on any atom is -0.335 e. The number of halogens is 1. The maximum Gasteiger partial charge on any atom is 0.323 e. The molecule has 0 spiro atoms. The fraction of sp³-hybridized carbons (Fsp3) is 0.409. The van der Waals surface area contributed by atoms with Gasteiger partial charge < -0.3 is 15.5 Å². The van der Waals surface area contributed by atoms with Crippen LogP contribution < -0.4 is 10.6 Å². The summed E-state index contributed by atoms with van der Waals surface area (Å²) < 4.78 is 15.0. The minimum atomic E-state index is -0.533. The van der Waals surface area contributed by atoms with Crippen LogP contribution in [0.3, 0.4) is 0 Å². The average molecular weight is 413 g/mol. The van der Waals surface area contributed by atoms with Crippen molar-refractivity contribution in [3.63, 3.8) is 0 Å². The van der Waals surface area contributed by atoms with Crippen molar-refractivity contribution in [3.05, 3.63) is 53.6 Å². The zero-order valence-electron chi connectivity index (χ0n) is 17.8. The number of nitrogens with one attached hydrogen (secondary N) is 2. The third-order valence-electron chi connectivity index (χ3n) is 5.25. The number of hydrogen-bond acceptors (Lipinski definition) is 4. The van der Waals surface area contributed by atoms with E-state index < -0.39 is 11.8 Å². The summed E-state index contributed by atoms with van der Waals surface area (Å²) in [5.74, 6) is -0.397. The van der Waals surface area contributed by atoms with Gasteiger partial charge in [-0.25, -0.2) is 9.18 Å². The number of pyridine rings is 1. The van der Waals surface area contributed by atoms with Crippen molar-refractivity contribution in [3.8, 4) is 0 Å². The number of carbonyl (C=O) groups is 2. The summed E-state index contributed by atoms with van der Waals surface area (Å²) in [6.07, 6.45) is 1.55. The standard InChI is InChI=1S/C22H28FN5O2/c1-14-8-9-19(10-24-14)25-22(30)26-20-7-5-6-18(21(20)23)13-27-11-15(2)28(17(4)29)16(3)12-27/h5-10,15-16H,11-13H2,1-4H3,(H2,25,26,30)/t15-,16+. The van der Waals surface area contributed by atoms with E-state index in [1.807, 2.05) is 25.7 Å². The van der Waals surface area contributed by atoms with Crippen LogP contribution in [0.2, 0.25) is 0 Å². The Morgan fingerprint density at radius 3 is 2.43 bits per heavy atom. The Kier molecular flexibility index (Phi) is 6.66. The van der Waals surface area contributed by atoms with Gasteiger partial charge in [0.15, 0.2) is 5.82 Å². The molecule has 1 aromatic carbocycles. The Bertz CT molecular complexity index is 906. The van der Waals surface area contributed by atoms with E-state index in [2.05, 4.69) is 20.5 Å². The number of urea groups is 1. The molecule has 2 N–H and O–H groups in total. The second kappa shape index (κ2) is 9.21. The lowest BCUT2D eigenvalue weighted by molar-refractivity contribution is -0.136. The van der Waals surface area contributed by atoms with Crippen molar-refractivity contribution in [2.45, 2.75) is 46.3 Å². The molecular weight excluding hydrogens is 385 g/mol. The summed E-state index contributed by atoms with van der Waals surface area (Å²) in [6, 6.07) is 8.07. The molecule has 8 heteroatoms. The first-order valence-electron chi connectivity index (χ1n) is 10.0. The first kappa shape index (κ1) is 21.7. The van der Waals surface area contributed by atoms with Crippen LogP contribution in [0.5, 0.6) is 0 Å². The minimum absolute atomic E-state index is 0.0572. The average Bonchev–Trinajstić information content (AvgIpc) is 2.66. The molecule has 0 unspecified atom stereocenters. The topological polar surface area (TPSA) is 77.6 Å². The number of aromatic nitrogens is 1. The van der Waals surface area contributed by atoms with Crippen LogP contribution in [0.1, 0.15) is 32.0 Å². The molecule has 0 radical (unpaired) electrons. The first-order chi connectivity index (χ1) is 14.2. The number of piperazine rings is 1. The van der Waals surface area contributed by atoms with Gasteiger partial charge in [0.2, 0.25) is 5.91 Å². The zero-order valence-corrected chi connectivity index (χ0v) is 17.8. The van der Waals surface area contributed by atoms with E-state index in [0.717, 1.165) is 5.69 Å². The van der Waals surface area contributed by atoms with E-state index in [1.54, 1.807) is 37.4 Å². The highest BCUT2D eigenvalue weighted by Crippen LogP contribution is 2.23. The third-order valence-corrected chi connectivity index (χ3v) is 5.25. The van der Waals surface area contributed by atoms with Crippen molar-refractivity contribution in [2.24, 2.45) is 0 Å². The monoisotopic (exact) mass is 413 g/mol. The molecule has 30 heavy (non-hydrogen) atoms. The Morgan fingerprint density at radius 1 is 1.13 bits per heavy atom. The maximum atomic E-state index is 15.0. The van der Waals surface area contributed by atoms with Crippen LogP contribution >= 0.6 is 0 Å². The molecule has 1 fully saturated rings. The van der Waals surface area contributed by atoms with Crippen LogP contribution in [0, 0.1) is 12.7 Å². The summed E-state index contributed by atoms with van der Waals surface area (Å²) >= 11 is 0. The SMILES string of the molecule is CC(=O)N1[C@H](C)CN(Cc2cccc(NC(=O)Nc3ccc(C)nc3)c2F)C[C@@H]1C. The summed E-state index contributed by atoms with van der Waals surface area (Å²) in [7, 11) is 0. The first-order valence-corrected chi connectivity index (χ1v) is 10.0. The summed E-state index contributed by atoms with van der Waals surface area (Å²) in [4.78, 5) is 32.2. The second-order valence-corrected chi connectivity index (χ2v) is 7.86. The van der Waals surface area contributed by atoms with Gasteiger partial charge in [0.05, 0.1) is 17.6 Å². The quantitative estimate of drug-likeness (QED) is 0.803. The highest BCUT2D eigenvalue weighted by molar-refractivity contribution is 5.99. The van der Waals surface area contributed by atoms with Gasteiger partial charge in [-0.3, -0.25) is 14.7 Å². The van der Waals surface area contributed by atoms with Gasteiger partial charge in [0.25, 0.3) is 0 Å². The molecule has 2 aromatic rings. The number of rotatable bonds is 4. The molecule has 0 bridgehead atoms. The molecule has 3 amide bonds. The van der Waals surface area contributed by atoms with Crippen LogP contribution in [-0.4, -0.2) is 51.9 Å². The summed E-state index contributed by atoms with van der Waals surface area (Å²) in [6.45, 7) is 9.18. The van der Waals surface area contributed by atoms with Crippen molar-refractivity contribution >= 4 is 23.3 Å². The van der Waals surface area contributed by atoms with Crippen molar-refractivity contribution in [1.82, 2.24) is 14.8 Å². The van der Waals surface area contributed by atoms with Crippen molar-refractivity contribution < 1.29 is 14.0 Å². The van der Waals surface area contributed by atoms with Gasteiger partial charge in [-0.2, -0.15) is 0 Å². The van der Waals surface area contributed by atoms with Gasteiger partial charge in [0, 0.05) is 49.9 Å². The van der Waals surface area contributed by atoms with Crippen molar-refractivity contribution in [2.75, 3.05) is 23.7 Å². The fourth-order valence-corrected chi connectivity index (χ4v) is 4.05. The highest BCUT2D eigenvalue weighted by Gasteiger charge is 2.31. The second-order valence-electron chi connectivity index (χ2n) is 7.86. The molecule has 2 heterocycles. The molecule has 0 aliphatic carbocycles. The number of anilines is 2. The van der Waals surface area contributed by atoms with E-state index in [9.17, 15) is 9.59 Å². The van der Waals surface area contributed by atoms with E-state index in [0.29, 0.717) is 30.9 Å². The van der Waals surface area contributed by atoms with E-state index in [-0.39, 0.29) is 23.7 Å². The van der Waals surface area contributed by atoms with Crippen molar-refractivity contribution in [1.29, 1.82) is 0 Å². The normalized spacial score (nSPS) is 19.4. The predicted octanol–water partition coefficient (Wildman–Crippen LogP) is 3.61. The van der Waals surface area contributed by atoms with Crippen LogP contribution in [0.25, 0.3) is 0 Å². The van der Waals surface area contributed by atoms with E-state index >= 15 is 4.39 Å². The zero-order chi connectivity index (χ0) is 21.8. The molecule has 160 valence electrons. The molecule has 1 aliphatic heterocycles. The molecule has 1 saturated heterocycles. The highest BCUT2D eigenvalue weighted by atomic mass is 19.1. The molecule has 7 nitrogen and oxygen atoms in total. The van der Waals surface area contributed by atoms with Gasteiger partial charge >= 0.3 is 6.03 Å². The smallest absolute Gasteiger partial charge is 0.323 e. The largest absolute Gasteiger partial charge is 0.335 e. The Labute approximate surface area is 176 Å². The predicted molar refractivity (Wildman–Crippen MR) is 115 cm³/mol. The molecule has 1 aliphatic rings. The van der Waals surface area contributed by atoms with Crippen LogP contribution in [0.4, 0.5) is 20.6 Å². The van der Waals surface area contributed by atoms with E-state index in [1.165, 1.54) is 6.07 Å². The van der Waals surface area contributed by atoms with E-state index in [4.69, 9.17) is 0 Å². The third kappa shape index (κ3) is 5.13. The molecule has 3 rings (SSSR count). The Hall–Kier alpha value is -3.00. The maximum absolute atomic E-state index is 15.0. The molecule has 0 saturated carbocycles. The number of benzene rings is 1. The number of nitrogens with zero attached hydrogens (tertiary/aromatic N) is 3. The Balaban J connectivity index is 1.65. The van der Waals surface area contributed by atoms with Gasteiger partial charge in [-0.05, 0) is 39.0 Å². The lowest BCUT2D eigenvalue weighted by Gasteiger charge is -2.44. The Morgan fingerprint density at radius 2 is 1.83 bits per heavy atom. The van der Waals surface area contributed by atoms with Gasteiger partial charge in [-0.1, -0.05) is 12.1 Å². The summed E-state index contributed by atoms with van der Waals surface area (Å²) in [5, 5.41) is 5.21. The van der Waals surface area contributed by atoms with Gasteiger partial charge in [-0.15, -0.1) is 0 Å². The number of aryl methyl sites for hydroxylation is 1. The number of hydrogen-bond donors (Lipinski definition) is 2. The molecular formula is C22H28FN5O2. The lowest BCUT2D eigenvalue weighted by Crippen LogP contribution is -2.57. The van der Waals surface area contributed by atoms with Crippen LogP contribution in [0.15, 0.2) is 36.5 Å². The fourth-order valence-electron chi connectivity index (χ4n) is 4.05. The van der Waals surface area contributed by atoms with Crippen LogP contribution in [-0.2, 0) is 11.3 Å². The number of amides is 3. The molecule has 1 aromatic heterocycles. The lowest BCUT2D eigenvalue weighted by atomic mass is 10.1. The number of carbonyl (C=O) groups excluding carboxylic acids is 2. The summed E-state index contributed by atoms with van der Waals surface area (Å²) in [5.41, 5.74) is 1.99. The molecule has 2 atom stereocenters.